The third-order valence-corrected chi connectivity index (χ3v) is 8.84. The number of phosphoric ester groups is 1. The number of phosphoric acid groups is 1. The molecule has 0 saturated carbocycles. The molecule has 0 rings (SSSR count). The zero-order valence-corrected chi connectivity index (χ0v) is 35.3. The van der Waals surface area contributed by atoms with Gasteiger partial charge in [0, 0.05) is 12.8 Å². The Labute approximate surface area is 329 Å². The Balaban J connectivity index is 4.56. The van der Waals surface area contributed by atoms with Crippen LogP contribution in [-0.4, -0.2) is 70.0 Å². The minimum atomic E-state index is -4.64. The predicted octanol–water partition coefficient (Wildman–Crippen LogP) is 10.6. The number of likely N-dealkylation sites (N-methyl/N-ethyl adjacent to an activating group) is 1. The Morgan fingerprint density at radius 2 is 1.07 bits per heavy atom. The number of hydrogen-bond acceptors (Lipinski definition) is 8. The van der Waals surface area contributed by atoms with Gasteiger partial charge in [0.25, 0.3) is 7.82 Å². The van der Waals surface area contributed by atoms with Crippen molar-refractivity contribution in [3.8, 4) is 0 Å². The van der Waals surface area contributed by atoms with Gasteiger partial charge < -0.3 is 27.9 Å². The number of carbonyl (C=O) groups excluding carboxylic acids is 2. The minimum Gasteiger partial charge on any atom is -0.756 e. The minimum absolute atomic E-state index is 0.0487. The maximum absolute atomic E-state index is 12.6. The van der Waals surface area contributed by atoms with E-state index in [0.29, 0.717) is 30.3 Å². The van der Waals surface area contributed by atoms with Crippen molar-refractivity contribution < 1.29 is 42.1 Å². The maximum atomic E-state index is 12.6. The van der Waals surface area contributed by atoms with Crippen molar-refractivity contribution in [1.82, 2.24) is 0 Å². The first-order valence-electron chi connectivity index (χ1n) is 20.3. The fraction of sp³-hybridized carbons (Fsp3) is 0.636. The standard InChI is InChI=1S/C44H74NO8P/c1-6-8-10-12-14-16-18-20-21-22-23-25-27-29-31-33-35-37-44(47)53-42(41-52-54(48,49)51-39-38-45(3,4)5)40-50-43(46)36-34-32-30-28-26-24-19-17-15-13-11-9-7-2/h8,10-11,13-14,16-17,19-21,23,25,29,31,42H,6-7,9,12,15,18,22,24,26-28,30,32-41H2,1-5H3/b10-8-,13-11-,16-14-,19-17-,21-20-,25-23-,31-29-. The summed E-state index contributed by atoms with van der Waals surface area (Å²) >= 11 is 0. The molecule has 0 N–H and O–H groups in total. The summed E-state index contributed by atoms with van der Waals surface area (Å²) in [6, 6.07) is 0. The van der Waals surface area contributed by atoms with E-state index in [-0.39, 0.29) is 26.1 Å². The highest BCUT2D eigenvalue weighted by Crippen LogP contribution is 2.38. The zero-order valence-electron chi connectivity index (χ0n) is 34.4. The summed E-state index contributed by atoms with van der Waals surface area (Å²) in [7, 11) is 1.10. The molecule has 0 aromatic carbocycles. The lowest BCUT2D eigenvalue weighted by Gasteiger charge is -2.28. The molecule has 2 atom stereocenters. The third-order valence-electron chi connectivity index (χ3n) is 7.88. The first-order chi connectivity index (χ1) is 26.0. The molecule has 0 fully saturated rings. The monoisotopic (exact) mass is 776 g/mol. The zero-order chi connectivity index (χ0) is 40.0. The van der Waals surface area contributed by atoms with Gasteiger partial charge in [0.2, 0.25) is 0 Å². The normalized spacial score (nSPS) is 14.6. The average molecular weight is 776 g/mol. The Kier molecular flexibility index (Phi) is 34.0. The van der Waals surface area contributed by atoms with E-state index in [1.54, 1.807) is 0 Å². The van der Waals surface area contributed by atoms with Gasteiger partial charge in [-0.15, -0.1) is 0 Å². The van der Waals surface area contributed by atoms with Crippen molar-refractivity contribution in [2.24, 2.45) is 0 Å². The molecule has 2 unspecified atom stereocenters. The van der Waals surface area contributed by atoms with Crippen LogP contribution in [0, 0.1) is 0 Å². The van der Waals surface area contributed by atoms with E-state index in [1.165, 1.54) is 6.42 Å². The van der Waals surface area contributed by atoms with E-state index in [2.05, 4.69) is 92.8 Å². The summed E-state index contributed by atoms with van der Waals surface area (Å²) in [4.78, 5) is 37.4. The summed E-state index contributed by atoms with van der Waals surface area (Å²) in [6.07, 6.45) is 44.8. The number of quaternary nitrogens is 1. The van der Waals surface area contributed by atoms with Gasteiger partial charge in [-0.25, -0.2) is 0 Å². The second-order valence-electron chi connectivity index (χ2n) is 14.3. The number of hydrogen-bond donors (Lipinski definition) is 0. The van der Waals surface area contributed by atoms with Crippen LogP contribution in [0.1, 0.15) is 129 Å². The lowest BCUT2D eigenvalue weighted by atomic mass is 10.1. The van der Waals surface area contributed by atoms with Crippen molar-refractivity contribution in [1.29, 1.82) is 0 Å². The van der Waals surface area contributed by atoms with Crippen LogP contribution in [0.2, 0.25) is 0 Å². The molecule has 308 valence electrons. The van der Waals surface area contributed by atoms with Gasteiger partial charge in [-0.05, 0) is 77.0 Å². The Morgan fingerprint density at radius 1 is 0.593 bits per heavy atom. The highest BCUT2D eigenvalue weighted by Gasteiger charge is 2.21. The van der Waals surface area contributed by atoms with Crippen LogP contribution in [0.5, 0.6) is 0 Å². The van der Waals surface area contributed by atoms with Crippen LogP contribution in [0.25, 0.3) is 0 Å². The molecule has 0 aliphatic carbocycles. The van der Waals surface area contributed by atoms with E-state index >= 15 is 0 Å². The van der Waals surface area contributed by atoms with E-state index in [9.17, 15) is 19.0 Å². The van der Waals surface area contributed by atoms with Crippen LogP contribution in [0.3, 0.4) is 0 Å². The number of allylic oxidation sites excluding steroid dienone is 14. The first-order valence-corrected chi connectivity index (χ1v) is 21.8. The number of esters is 2. The van der Waals surface area contributed by atoms with Crippen LogP contribution < -0.4 is 4.89 Å². The summed E-state index contributed by atoms with van der Waals surface area (Å²) in [5.74, 6) is -0.931. The van der Waals surface area contributed by atoms with Gasteiger partial charge in [-0.1, -0.05) is 125 Å². The molecule has 0 bridgehead atoms. The fourth-order valence-electron chi connectivity index (χ4n) is 4.73. The fourth-order valence-corrected chi connectivity index (χ4v) is 5.45. The van der Waals surface area contributed by atoms with Crippen LogP contribution in [0.15, 0.2) is 85.1 Å². The van der Waals surface area contributed by atoms with Gasteiger partial charge in [0.1, 0.15) is 19.8 Å². The molecule has 54 heavy (non-hydrogen) atoms. The van der Waals surface area contributed by atoms with E-state index in [4.69, 9.17) is 18.5 Å². The number of carbonyl (C=O) groups is 2. The Morgan fingerprint density at radius 3 is 1.63 bits per heavy atom. The second kappa shape index (κ2) is 35.9. The number of rotatable bonds is 35. The van der Waals surface area contributed by atoms with Crippen LogP contribution in [0.4, 0.5) is 0 Å². The van der Waals surface area contributed by atoms with E-state index < -0.39 is 32.5 Å². The molecule has 0 radical (unpaired) electrons. The maximum Gasteiger partial charge on any atom is 0.306 e. The summed E-state index contributed by atoms with van der Waals surface area (Å²) in [5.41, 5.74) is 0. The van der Waals surface area contributed by atoms with Crippen LogP contribution >= 0.6 is 7.82 Å². The SMILES string of the molecule is CC/C=C\C/C=C\C/C=C\C/C=C\C/C=C\CCCC(=O)OC(COC(=O)CCCCCCC/C=C\C/C=C\CCC)COP(=O)([O-])OCC[N+](C)(C)C. The van der Waals surface area contributed by atoms with Gasteiger partial charge in [-0.3, -0.25) is 14.2 Å². The van der Waals surface area contributed by atoms with Crippen LogP contribution in [-0.2, 0) is 32.7 Å². The molecule has 0 aliphatic rings. The van der Waals surface area contributed by atoms with Gasteiger partial charge >= 0.3 is 11.9 Å². The predicted molar refractivity (Wildman–Crippen MR) is 222 cm³/mol. The summed E-state index contributed by atoms with van der Waals surface area (Å²) in [5, 5.41) is 0. The molecule has 0 saturated heterocycles. The van der Waals surface area contributed by atoms with Crippen molar-refractivity contribution >= 4 is 19.8 Å². The highest BCUT2D eigenvalue weighted by atomic mass is 31.2. The number of ether oxygens (including phenoxy) is 2. The first kappa shape index (κ1) is 51.2. The quantitative estimate of drug-likeness (QED) is 0.0206. The van der Waals surface area contributed by atoms with Gasteiger partial charge in [0.15, 0.2) is 6.10 Å². The van der Waals surface area contributed by atoms with Gasteiger partial charge in [0.05, 0.1) is 27.7 Å². The summed E-state index contributed by atoms with van der Waals surface area (Å²) in [6.45, 7) is 3.93. The second-order valence-corrected chi connectivity index (χ2v) is 15.7. The molecular weight excluding hydrogens is 701 g/mol. The number of nitrogens with zero attached hydrogens (tertiary/aromatic N) is 1. The van der Waals surface area contributed by atoms with Crippen molar-refractivity contribution in [3.63, 3.8) is 0 Å². The average Bonchev–Trinajstić information content (AvgIpc) is 3.12. The van der Waals surface area contributed by atoms with Crippen molar-refractivity contribution in [2.75, 3.05) is 47.5 Å². The number of unbranched alkanes of at least 4 members (excludes halogenated alkanes) is 7. The molecule has 0 heterocycles. The molecule has 0 aromatic heterocycles. The topological polar surface area (TPSA) is 111 Å². The van der Waals surface area contributed by atoms with Crippen molar-refractivity contribution in [3.05, 3.63) is 85.1 Å². The molecule has 0 spiro atoms. The Hall–Kier alpha value is -2.81. The molecule has 10 heteroatoms. The third kappa shape index (κ3) is 38.9. The largest absolute Gasteiger partial charge is 0.756 e. The summed E-state index contributed by atoms with van der Waals surface area (Å²) < 4.78 is 33.7. The Bertz CT molecular complexity index is 1200. The molecule has 0 aliphatic heterocycles. The highest BCUT2D eigenvalue weighted by molar-refractivity contribution is 7.45. The molecule has 9 nitrogen and oxygen atoms in total. The molecule has 0 aromatic rings. The molecular formula is C44H74NO8P. The smallest absolute Gasteiger partial charge is 0.306 e. The van der Waals surface area contributed by atoms with E-state index in [1.807, 2.05) is 27.2 Å². The van der Waals surface area contributed by atoms with Gasteiger partial charge in [-0.2, -0.15) is 0 Å². The lowest BCUT2D eigenvalue weighted by molar-refractivity contribution is -0.870. The molecule has 0 amide bonds. The van der Waals surface area contributed by atoms with E-state index in [0.717, 1.165) is 77.0 Å². The lowest BCUT2D eigenvalue weighted by Crippen LogP contribution is -2.37. The van der Waals surface area contributed by atoms with Crippen molar-refractivity contribution in [2.45, 2.75) is 136 Å².